The second-order valence-corrected chi connectivity index (χ2v) is 10.9. The summed E-state index contributed by atoms with van der Waals surface area (Å²) in [6.45, 7) is 6.54. The Bertz CT molecular complexity index is 862. The molecule has 2 saturated carbocycles. The topological polar surface area (TPSA) is 75.7 Å². The lowest BCUT2D eigenvalue weighted by atomic mass is 9.92. The first-order valence-electron chi connectivity index (χ1n) is 10.9. The number of halogens is 1. The van der Waals surface area contributed by atoms with Gasteiger partial charge in [-0.25, -0.2) is 17.5 Å². The van der Waals surface area contributed by atoms with E-state index in [1.807, 2.05) is 11.6 Å². The number of hydrogen-bond donors (Lipinski definition) is 1. The highest BCUT2D eigenvalue weighted by molar-refractivity contribution is 7.90. The SMILES string of the molecule is Cc1cc(OCC(=O)NS(=O)(=O)C2CC2)c(F)cc1N(CC(C)C)C1CCCCC1. The van der Waals surface area contributed by atoms with E-state index in [0.29, 0.717) is 24.8 Å². The Balaban J connectivity index is 1.70. The van der Waals surface area contributed by atoms with Gasteiger partial charge < -0.3 is 9.64 Å². The van der Waals surface area contributed by atoms with E-state index in [-0.39, 0.29) is 5.75 Å². The Morgan fingerprint density at radius 1 is 1.20 bits per heavy atom. The van der Waals surface area contributed by atoms with E-state index in [1.54, 1.807) is 6.07 Å². The van der Waals surface area contributed by atoms with Crippen LogP contribution in [0.1, 0.15) is 64.4 Å². The average Bonchev–Trinajstić information content (AvgIpc) is 3.53. The first-order chi connectivity index (χ1) is 14.2. The van der Waals surface area contributed by atoms with Gasteiger partial charge in [0.2, 0.25) is 10.0 Å². The third kappa shape index (κ3) is 5.86. The molecule has 8 heteroatoms. The fourth-order valence-electron chi connectivity index (χ4n) is 4.09. The van der Waals surface area contributed by atoms with Gasteiger partial charge in [-0.3, -0.25) is 4.79 Å². The molecular formula is C22H33FN2O4S. The second-order valence-electron chi connectivity index (χ2n) is 8.97. The number of nitrogens with zero attached hydrogens (tertiary/aromatic N) is 1. The molecule has 0 atom stereocenters. The first-order valence-corrected chi connectivity index (χ1v) is 12.5. The van der Waals surface area contributed by atoms with Crippen molar-refractivity contribution >= 4 is 21.6 Å². The van der Waals surface area contributed by atoms with Gasteiger partial charge in [-0.15, -0.1) is 0 Å². The molecule has 3 rings (SSSR count). The Morgan fingerprint density at radius 3 is 2.47 bits per heavy atom. The summed E-state index contributed by atoms with van der Waals surface area (Å²) in [6, 6.07) is 3.49. The van der Waals surface area contributed by atoms with Crippen LogP contribution in [0.3, 0.4) is 0 Å². The van der Waals surface area contributed by atoms with E-state index in [2.05, 4.69) is 18.7 Å². The smallest absolute Gasteiger partial charge is 0.271 e. The molecule has 0 unspecified atom stereocenters. The molecular weight excluding hydrogens is 407 g/mol. The average molecular weight is 441 g/mol. The van der Waals surface area contributed by atoms with E-state index in [1.165, 1.54) is 25.3 Å². The van der Waals surface area contributed by atoms with Crippen LogP contribution in [0.25, 0.3) is 0 Å². The second kappa shape index (κ2) is 9.54. The first kappa shape index (κ1) is 22.8. The normalized spacial score (nSPS) is 17.8. The zero-order valence-corrected chi connectivity index (χ0v) is 18.9. The van der Waals surface area contributed by atoms with E-state index in [0.717, 1.165) is 30.6 Å². The number of benzene rings is 1. The predicted molar refractivity (Wildman–Crippen MR) is 116 cm³/mol. The van der Waals surface area contributed by atoms with Crippen molar-refractivity contribution in [3.05, 3.63) is 23.5 Å². The number of ether oxygens (including phenoxy) is 1. The molecule has 30 heavy (non-hydrogen) atoms. The zero-order chi connectivity index (χ0) is 21.9. The number of anilines is 1. The van der Waals surface area contributed by atoms with Crippen molar-refractivity contribution in [1.29, 1.82) is 0 Å². The van der Waals surface area contributed by atoms with Crippen LogP contribution in [0.15, 0.2) is 12.1 Å². The minimum absolute atomic E-state index is 0.0386. The number of nitrogens with one attached hydrogen (secondary N) is 1. The lowest BCUT2D eigenvalue weighted by Gasteiger charge is -2.38. The van der Waals surface area contributed by atoms with Gasteiger partial charge in [-0.1, -0.05) is 33.1 Å². The van der Waals surface area contributed by atoms with E-state index in [9.17, 15) is 17.6 Å². The number of carbonyl (C=O) groups is 1. The summed E-state index contributed by atoms with van der Waals surface area (Å²) >= 11 is 0. The zero-order valence-electron chi connectivity index (χ0n) is 18.1. The molecule has 0 bridgehead atoms. The van der Waals surface area contributed by atoms with Crippen molar-refractivity contribution in [3.8, 4) is 5.75 Å². The van der Waals surface area contributed by atoms with E-state index < -0.39 is 33.6 Å². The van der Waals surface area contributed by atoms with Crippen molar-refractivity contribution in [2.75, 3.05) is 18.1 Å². The molecule has 0 heterocycles. The Hall–Kier alpha value is -1.83. The molecule has 2 fully saturated rings. The molecule has 1 aromatic rings. The fourth-order valence-corrected chi connectivity index (χ4v) is 5.39. The summed E-state index contributed by atoms with van der Waals surface area (Å²) in [7, 11) is -3.63. The highest BCUT2D eigenvalue weighted by Gasteiger charge is 2.36. The molecule has 0 aromatic heterocycles. The third-order valence-electron chi connectivity index (χ3n) is 5.72. The molecule has 0 spiro atoms. The maximum Gasteiger partial charge on any atom is 0.271 e. The van der Waals surface area contributed by atoms with Gasteiger partial charge in [0.1, 0.15) is 0 Å². The number of hydrogen-bond acceptors (Lipinski definition) is 5. The van der Waals surface area contributed by atoms with Crippen molar-refractivity contribution in [1.82, 2.24) is 4.72 Å². The van der Waals surface area contributed by atoms with Crippen LogP contribution < -0.4 is 14.4 Å². The highest BCUT2D eigenvalue weighted by Crippen LogP contribution is 2.34. The lowest BCUT2D eigenvalue weighted by Crippen LogP contribution is -2.40. The summed E-state index contributed by atoms with van der Waals surface area (Å²) in [4.78, 5) is 14.2. The Kier molecular flexibility index (Phi) is 7.26. The molecule has 1 amide bonds. The number of amides is 1. The molecule has 2 aliphatic carbocycles. The molecule has 1 N–H and O–H groups in total. The number of rotatable bonds is 9. The van der Waals surface area contributed by atoms with Crippen LogP contribution >= 0.6 is 0 Å². The summed E-state index contributed by atoms with van der Waals surface area (Å²) in [6.07, 6.45) is 7.00. The Morgan fingerprint density at radius 2 is 1.87 bits per heavy atom. The van der Waals surface area contributed by atoms with Crippen molar-refractivity contribution in [3.63, 3.8) is 0 Å². The predicted octanol–water partition coefficient (Wildman–Crippen LogP) is 3.92. The van der Waals surface area contributed by atoms with Crippen molar-refractivity contribution < 1.29 is 22.3 Å². The van der Waals surface area contributed by atoms with Crippen LogP contribution in [-0.4, -0.2) is 38.8 Å². The molecule has 0 aliphatic heterocycles. The molecule has 6 nitrogen and oxygen atoms in total. The molecule has 0 radical (unpaired) electrons. The third-order valence-corrected chi connectivity index (χ3v) is 7.58. The summed E-state index contributed by atoms with van der Waals surface area (Å²) < 4.78 is 45.8. The van der Waals surface area contributed by atoms with E-state index in [4.69, 9.17) is 4.74 Å². The fraction of sp³-hybridized carbons (Fsp3) is 0.682. The monoisotopic (exact) mass is 440 g/mol. The maximum atomic E-state index is 14.8. The van der Waals surface area contributed by atoms with Gasteiger partial charge in [0.05, 0.1) is 5.25 Å². The van der Waals surface area contributed by atoms with Crippen LogP contribution in [0, 0.1) is 18.7 Å². The van der Waals surface area contributed by atoms with Gasteiger partial charge >= 0.3 is 0 Å². The van der Waals surface area contributed by atoms with Crippen LogP contribution in [0.5, 0.6) is 5.75 Å². The van der Waals surface area contributed by atoms with Crippen LogP contribution in [0.4, 0.5) is 10.1 Å². The van der Waals surface area contributed by atoms with Gasteiger partial charge in [0.25, 0.3) is 5.91 Å². The number of aryl methyl sites for hydroxylation is 1. The summed E-state index contributed by atoms with van der Waals surface area (Å²) in [5.74, 6) is -0.921. The molecule has 0 saturated heterocycles. The molecule has 168 valence electrons. The largest absolute Gasteiger partial charge is 0.481 e. The standard InChI is InChI=1S/C22H33FN2O4S/c1-15(2)13-25(17-7-5-4-6-8-17)20-12-19(23)21(11-16(20)3)29-14-22(26)24-30(27,28)18-9-10-18/h11-12,15,17-18H,4-10,13-14H2,1-3H3,(H,24,26). The molecule has 1 aromatic carbocycles. The summed E-state index contributed by atoms with van der Waals surface area (Å²) in [5.41, 5.74) is 1.74. The minimum atomic E-state index is -3.63. The number of sulfonamides is 1. The van der Waals surface area contributed by atoms with Gasteiger partial charge in [-0.2, -0.15) is 0 Å². The van der Waals surface area contributed by atoms with Crippen LogP contribution in [-0.2, 0) is 14.8 Å². The highest BCUT2D eigenvalue weighted by atomic mass is 32.2. The van der Waals surface area contributed by atoms with Gasteiger partial charge in [0, 0.05) is 24.3 Å². The molecule has 2 aliphatic rings. The van der Waals surface area contributed by atoms with E-state index >= 15 is 0 Å². The lowest BCUT2D eigenvalue weighted by molar-refractivity contribution is -0.121. The van der Waals surface area contributed by atoms with Gasteiger partial charge in [0.15, 0.2) is 18.2 Å². The maximum absolute atomic E-state index is 14.8. The Labute approximate surface area is 179 Å². The van der Waals surface area contributed by atoms with Crippen LogP contribution in [0.2, 0.25) is 0 Å². The quantitative estimate of drug-likeness (QED) is 0.630. The van der Waals surface area contributed by atoms with Crippen molar-refractivity contribution in [2.24, 2.45) is 5.92 Å². The minimum Gasteiger partial charge on any atom is -0.481 e. The van der Waals surface area contributed by atoms with Crippen molar-refractivity contribution in [2.45, 2.75) is 77.0 Å². The number of carbonyl (C=O) groups excluding carboxylic acids is 1. The van der Waals surface area contributed by atoms with Gasteiger partial charge in [-0.05, 0) is 50.2 Å². The summed E-state index contributed by atoms with van der Waals surface area (Å²) in [5, 5.41) is -0.494.